The van der Waals surface area contributed by atoms with Crippen LogP contribution in [0.3, 0.4) is 0 Å². The molecule has 0 amide bonds. The van der Waals surface area contributed by atoms with Crippen molar-refractivity contribution in [3.05, 3.63) is 52.8 Å². The third-order valence-electron chi connectivity index (χ3n) is 2.55. The zero-order chi connectivity index (χ0) is 12.3. The molecule has 0 unspecified atom stereocenters. The monoisotopic (exact) mass is 253 g/mol. The first kappa shape index (κ1) is 12.1. The quantitative estimate of drug-likeness (QED) is 0.907. The topological polar surface area (TPSA) is 29.9 Å². The molecular formula is C12H13ClFN3. The van der Waals surface area contributed by atoms with Gasteiger partial charge in [0.1, 0.15) is 11.6 Å². The van der Waals surface area contributed by atoms with Crippen LogP contribution >= 0.6 is 11.6 Å². The highest BCUT2D eigenvalue weighted by molar-refractivity contribution is 6.30. The van der Waals surface area contributed by atoms with Crippen molar-refractivity contribution >= 4 is 11.6 Å². The van der Waals surface area contributed by atoms with Crippen LogP contribution in [-0.4, -0.2) is 9.55 Å². The lowest BCUT2D eigenvalue weighted by Gasteiger charge is -2.06. The highest BCUT2D eigenvalue weighted by Crippen LogP contribution is 2.17. The van der Waals surface area contributed by atoms with Crippen LogP contribution in [-0.2, 0) is 20.1 Å². The van der Waals surface area contributed by atoms with Crippen molar-refractivity contribution < 1.29 is 4.39 Å². The van der Waals surface area contributed by atoms with Gasteiger partial charge < -0.3 is 9.88 Å². The summed E-state index contributed by atoms with van der Waals surface area (Å²) in [6.07, 6.45) is 3.61. The minimum atomic E-state index is -0.360. The average Bonchev–Trinajstić information content (AvgIpc) is 2.71. The molecule has 2 rings (SSSR count). The fourth-order valence-corrected chi connectivity index (χ4v) is 1.75. The van der Waals surface area contributed by atoms with E-state index in [0.717, 1.165) is 5.82 Å². The Hall–Kier alpha value is -1.39. The SMILES string of the molecule is Cn1ccnc1CNCc1cccc(Cl)c1F. The lowest BCUT2D eigenvalue weighted by atomic mass is 10.2. The maximum absolute atomic E-state index is 13.6. The van der Waals surface area contributed by atoms with E-state index < -0.39 is 0 Å². The molecule has 90 valence electrons. The summed E-state index contributed by atoms with van der Waals surface area (Å²) < 4.78 is 15.5. The lowest BCUT2D eigenvalue weighted by Crippen LogP contribution is -2.16. The van der Waals surface area contributed by atoms with Crippen LogP contribution in [0.2, 0.25) is 5.02 Å². The summed E-state index contributed by atoms with van der Waals surface area (Å²) in [5.74, 6) is 0.550. The predicted molar refractivity (Wildman–Crippen MR) is 65.2 cm³/mol. The second-order valence-corrected chi connectivity index (χ2v) is 4.18. The van der Waals surface area contributed by atoms with Gasteiger partial charge >= 0.3 is 0 Å². The van der Waals surface area contributed by atoms with Crippen molar-refractivity contribution in [1.29, 1.82) is 0 Å². The molecule has 0 saturated heterocycles. The summed E-state index contributed by atoms with van der Waals surface area (Å²) in [5.41, 5.74) is 0.562. The molecule has 1 N–H and O–H groups in total. The zero-order valence-corrected chi connectivity index (χ0v) is 10.2. The minimum absolute atomic E-state index is 0.154. The number of rotatable bonds is 4. The molecule has 5 heteroatoms. The molecule has 1 aromatic carbocycles. The maximum atomic E-state index is 13.6. The first-order valence-electron chi connectivity index (χ1n) is 5.28. The molecule has 0 bridgehead atoms. The maximum Gasteiger partial charge on any atom is 0.146 e. The summed E-state index contributed by atoms with van der Waals surface area (Å²) in [4.78, 5) is 4.17. The van der Waals surface area contributed by atoms with Crippen LogP contribution in [0, 0.1) is 5.82 Å². The average molecular weight is 254 g/mol. The van der Waals surface area contributed by atoms with Gasteiger partial charge in [0.15, 0.2) is 0 Å². The molecule has 0 aliphatic rings. The van der Waals surface area contributed by atoms with Gasteiger partial charge in [-0.3, -0.25) is 0 Å². The normalized spacial score (nSPS) is 10.8. The van der Waals surface area contributed by atoms with E-state index in [1.165, 1.54) is 0 Å². The molecule has 0 radical (unpaired) electrons. The fourth-order valence-electron chi connectivity index (χ4n) is 1.56. The van der Waals surface area contributed by atoms with E-state index in [-0.39, 0.29) is 10.8 Å². The van der Waals surface area contributed by atoms with Gasteiger partial charge in [0.05, 0.1) is 11.6 Å². The van der Waals surface area contributed by atoms with Crippen LogP contribution in [0.5, 0.6) is 0 Å². The van der Waals surface area contributed by atoms with E-state index in [9.17, 15) is 4.39 Å². The van der Waals surface area contributed by atoms with Crippen molar-refractivity contribution in [3.8, 4) is 0 Å². The Morgan fingerprint density at radius 2 is 2.24 bits per heavy atom. The third kappa shape index (κ3) is 2.84. The second-order valence-electron chi connectivity index (χ2n) is 3.77. The molecule has 2 aromatic rings. The largest absolute Gasteiger partial charge is 0.337 e. The highest BCUT2D eigenvalue weighted by atomic mass is 35.5. The Morgan fingerprint density at radius 3 is 2.94 bits per heavy atom. The number of nitrogens with one attached hydrogen (secondary N) is 1. The van der Waals surface area contributed by atoms with Gasteiger partial charge in [0, 0.05) is 31.5 Å². The van der Waals surface area contributed by atoms with Crippen LogP contribution < -0.4 is 5.32 Å². The van der Waals surface area contributed by atoms with Crippen LogP contribution in [0.4, 0.5) is 4.39 Å². The van der Waals surface area contributed by atoms with Crippen LogP contribution in [0.1, 0.15) is 11.4 Å². The number of aryl methyl sites for hydroxylation is 1. The van der Waals surface area contributed by atoms with E-state index in [1.54, 1.807) is 24.4 Å². The Balaban J connectivity index is 1.95. The van der Waals surface area contributed by atoms with Crippen molar-refractivity contribution in [2.24, 2.45) is 7.05 Å². The van der Waals surface area contributed by atoms with E-state index in [2.05, 4.69) is 10.3 Å². The summed E-state index contributed by atoms with van der Waals surface area (Å²) in [5, 5.41) is 3.28. The van der Waals surface area contributed by atoms with Crippen molar-refractivity contribution in [2.45, 2.75) is 13.1 Å². The van der Waals surface area contributed by atoms with E-state index in [0.29, 0.717) is 18.7 Å². The molecule has 0 aliphatic heterocycles. The highest BCUT2D eigenvalue weighted by Gasteiger charge is 2.06. The Labute approximate surface area is 104 Å². The van der Waals surface area contributed by atoms with E-state index >= 15 is 0 Å². The van der Waals surface area contributed by atoms with Gasteiger partial charge in [-0.1, -0.05) is 23.7 Å². The molecular weight excluding hydrogens is 241 g/mol. The number of halogens is 2. The second kappa shape index (κ2) is 5.29. The van der Waals surface area contributed by atoms with Crippen molar-refractivity contribution in [2.75, 3.05) is 0 Å². The first-order chi connectivity index (χ1) is 8.18. The molecule has 0 atom stereocenters. The first-order valence-corrected chi connectivity index (χ1v) is 5.66. The molecule has 17 heavy (non-hydrogen) atoms. The number of imidazole rings is 1. The van der Waals surface area contributed by atoms with E-state index in [1.807, 2.05) is 17.8 Å². The smallest absolute Gasteiger partial charge is 0.146 e. The molecule has 0 fully saturated rings. The number of benzene rings is 1. The number of nitrogens with zero attached hydrogens (tertiary/aromatic N) is 2. The van der Waals surface area contributed by atoms with Gasteiger partial charge in [-0.15, -0.1) is 0 Å². The summed E-state index contributed by atoms with van der Waals surface area (Å²) in [6, 6.07) is 5.00. The molecule has 0 spiro atoms. The third-order valence-corrected chi connectivity index (χ3v) is 2.84. The molecule has 0 aliphatic carbocycles. The van der Waals surface area contributed by atoms with Gasteiger partial charge in [-0.25, -0.2) is 9.37 Å². The Morgan fingerprint density at radius 1 is 1.41 bits per heavy atom. The van der Waals surface area contributed by atoms with Crippen LogP contribution in [0.25, 0.3) is 0 Å². The lowest BCUT2D eigenvalue weighted by molar-refractivity contribution is 0.578. The predicted octanol–water partition coefficient (Wildman–Crippen LogP) is 2.50. The Kier molecular flexibility index (Phi) is 3.76. The molecule has 1 heterocycles. The summed E-state index contributed by atoms with van der Waals surface area (Å²) >= 11 is 5.70. The number of hydrogen-bond acceptors (Lipinski definition) is 2. The number of aromatic nitrogens is 2. The van der Waals surface area contributed by atoms with Gasteiger partial charge in [0.2, 0.25) is 0 Å². The zero-order valence-electron chi connectivity index (χ0n) is 9.45. The molecule has 3 nitrogen and oxygen atoms in total. The molecule has 1 aromatic heterocycles. The standard InChI is InChI=1S/C12H13ClFN3/c1-17-6-5-16-11(17)8-15-7-9-3-2-4-10(13)12(9)14/h2-6,15H,7-8H2,1H3. The fraction of sp³-hybridized carbons (Fsp3) is 0.250. The minimum Gasteiger partial charge on any atom is -0.337 e. The summed E-state index contributed by atoms with van der Waals surface area (Å²) in [6.45, 7) is 1.02. The van der Waals surface area contributed by atoms with Gasteiger partial charge in [-0.05, 0) is 6.07 Å². The molecule has 0 saturated carbocycles. The Bertz CT molecular complexity index is 510. The van der Waals surface area contributed by atoms with Gasteiger partial charge in [-0.2, -0.15) is 0 Å². The van der Waals surface area contributed by atoms with Crippen molar-refractivity contribution in [1.82, 2.24) is 14.9 Å². The van der Waals surface area contributed by atoms with Crippen molar-refractivity contribution in [3.63, 3.8) is 0 Å². The van der Waals surface area contributed by atoms with Gasteiger partial charge in [0.25, 0.3) is 0 Å². The summed E-state index contributed by atoms with van der Waals surface area (Å²) in [7, 11) is 1.92. The number of hydrogen-bond donors (Lipinski definition) is 1. The van der Waals surface area contributed by atoms with Crippen LogP contribution in [0.15, 0.2) is 30.6 Å². The van der Waals surface area contributed by atoms with E-state index in [4.69, 9.17) is 11.6 Å².